The van der Waals surface area contributed by atoms with E-state index in [2.05, 4.69) is 27.5 Å². The van der Waals surface area contributed by atoms with Crippen molar-refractivity contribution in [2.24, 2.45) is 0 Å². The maximum absolute atomic E-state index is 5.98. The van der Waals surface area contributed by atoms with Gasteiger partial charge in [-0.2, -0.15) is 0 Å². The van der Waals surface area contributed by atoms with E-state index in [4.69, 9.17) is 11.6 Å². The number of aromatic amines is 1. The van der Waals surface area contributed by atoms with E-state index in [-0.39, 0.29) is 0 Å². The third-order valence-corrected chi connectivity index (χ3v) is 3.00. The van der Waals surface area contributed by atoms with Crippen LogP contribution >= 0.6 is 27.5 Å². The number of allylic oxidation sites excluding steroid dienone is 1. The van der Waals surface area contributed by atoms with Gasteiger partial charge >= 0.3 is 0 Å². The Morgan fingerprint density at radius 1 is 1.50 bits per heavy atom. The zero-order chi connectivity index (χ0) is 10.1. The largest absolute Gasteiger partial charge is 0.360 e. The first-order valence-corrected chi connectivity index (χ1v) is 5.45. The first-order valence-electron chi connectivity index (χ1n) is 4.28. The van der Waals surface area contributed by atoms with Gasteiger partial charge in [0.25, 0.3) is 0 Å². The molecule has 0 saturated heterocycles. The average Bonchev–Trinajstić information content (AvgIpc) is 2.49. The monoisotopic (exact) mass is 269 g/mol. The molecule has 0 aliphatic heterocycles. The fraction of sp³-hybridized carbons (Fsp3) is 0.0909. The van der Waals surface area contributed by atoms with E-state index >= 15 is 0 Å². The fourth-order valence-electron chi connectivity index (χ4n) is 1.53. The van der Waals surface area contributed by atoms with Gasteiger partial charge in [0.05, 0.1) is 5.52 Å². The number of rotatable bonds is 2. The topological polar surface area (TPSA) is 15.8 Å². The van der Waals surface area contributed by atoms with Crippen LogP contribution in [0, 0.1) is 0 Å². The highest BCUT2D eigenvalue weighted by Crippen LogP contribution is 2.29. The number of H-pyrrole nitrogens is 1. The van der Waals surface area contributed by atoms with E-state index in [1.165, 1.54) is 5.56 Å². The van der Waals surface area contributed by atoms with Gasteiger partial charge < -0.3 is 4.98 Å². The summed E-state index contributed by atoms with van der Waals surface area (Å²) >= 11 is 9.45. The van der Waals surface area contributed by atoms with Crippen LogP contribution in [-0.2, 0) is 6.42 Å². The van der Waals surface area contributed by atoms with Crippen molar-refractivity contribution in [2.45, 2.75) is 6.42 Å². The fourth-order valence-corrected chi connectivity index (χ4v) is 2.46. The smallest absolute Gasteiger partial charge is 0.0602 e. The second-order valence-corrected chi connectivity index (χ2v) is 4.41. The van der Waals surface area contributed by atoms with E-state index < -0.39 is 0 Å². The molecule has 0 spiro atoms. The summed E-state index contributed by atoms with van der Waals surface area (Å²) in [6, 6.07) is 3.86. The Hall–Kier alpha value is -0.730. The molecule has 0 unspecified atom stereocenters. The number of halogens is 2. The lowest BCUT2D eigenvalue weighted by atomic mass is 10.1. The van der Waals surface area contributed by atoms with Gasteiger partial charge in [0.2, 0.25) is 0 Å². The van der Waals surface area contributed by atoms with Crippen molar-refractivity contribution in [1.29, 1.82) is 0 Å². The molecule has 2 rings (SSSR count). The minimum Gasteiger partial charge on any atom is -0.360 e. The lowest BCUT2D eigenvalue weighted by molar-refractivity contribution is 1.29. The summed E-state index contributed by atoms with van der Waals surface area (Å²) in [7, 11) is 0. The van der Waals surface area contributed by atoms with Crippen molar-refractivity contribution in [3.63, 3.8) is 0 Å². The van der Waals surface area contributed by atoms with Crippen LogP contribution in [0.25, 0.3) is 10.9 Å². The highest BCUT2D eigenvalue weighted by Gasteiger charge is 2.06. The summed E-state index contributed by atoms with van der Waals surface area (Å²) in [6.07, 6.45) is 4.73. The molecule has 0 atom stereocenters. The highest BCUT2D eigenvalue weighted by atomic mass is 79.9. The highest BCUT2D eigenvalue weighted by molar-refractivity contribution is 9.10. The second kappa shape index (κ2) is 3.79. The van der Waals surface area contributed by atoms with E-state index in [1.807, 2.05) is 24.4 Å². The minimum absolute atomic E-state index is 0.745. The zero-order valence-corrected chi connectivity index (χ0v) is 9.82. The Morgan fingerprint density at radius 3 is 3.00 bits per heavy atom. The molecular weight excluding hydrogens is 261 g/mol. The van der Waals surface area contributed by atoms with Gasteiger partial charge in [-0.3, -0.25) is 0 Å². The summed E-state index contributed by atoms with van der Waals surface area (Å²) in [5, 5.41) is 1.90. The molecule has 2 aromatic rings. The normalized spacial score (nSPS) is 10.7. The van der Waals surface area contributed by atoms with Gasteiger partial charge in [0.1, 0.15) is 0 Å². The Morgan fingerprint density at radius 2 is 2.29 bits per heavy atom. The molecule has 0 bridgehead atoms. The lowest BCUT2D eigenvalue weighted by Crippen LogP contribution is -1.77. The van der Waals surface area contributed by atoms with Crippen LogP contribution in [-0.4, -0.2) is 4.98 Å². The molecule has 1 aromatic carbocycles. The second-order valence-electron chi connectivity index (χ2n) is 3.12. The van der Waals surface area contributed by atoms with Crippen molar-refractivity contribution in [2.75, 3.05) is 0 Å². The number of benzene rings is 1. The Bertz CT molecular complexity index is 487. The summed E-state index contributed by atoms with van der Waals surface area (Å²) in [5.74, 6) is 0. The van der Waals surface area contributed by atoms with E-state index in [0.29, 0.717) is 0 Å². The number of nitrogens with one attached hydrogen (secondary N) is 1. The van der Waals surface area contributed by atoms with Crippen LogP contribution in [0.5, 0.6) is 0 Å². The third kappa shape index (κ3) is 1.60. The summed E-state index contributed by atoms with van der Waals surface area (Å²) in [6.45, 7) is 3.73. The standard InChI is InChI=1S/C11H9BrClN/c1-2-3-7-6-14-11-9(7)4-8(13)5-10(11)12/h2,4-6,14H,1,3H2. The number of hydrogen-bond donors (Lipinski definition) is 1. The van der Waals surface area contributed by atoms with Crippen LogP contribution < -0.4 is 0 Å². The molecular formula is C11H9BrClN. The molecule has 1 aromatic heterocycles. The van der Waals surface area contributed by atoms with Gasteiger partial charge in [-0.25, -0.2) is 0 Å². The molecule has 0 saturated carbocycles. The molecule has 0 amide bonds. The summed E-state index contributed by atoms with van der Waals surface area (Å²) < 4.78 is 0.996. The Balaban J connectivity index is 2.71. The van der Waals surface area contributed by atoms with E-state index in [0.717, 1.165) is 26.8 Å². The van der Waals surface area contributed by atoms with Gasteiger partial charge in [0.15, 0.2) is 0 Å². The Labute approximate surface area is 95.9 Å². The first-order chi connectivity index (χ1) is 6.72. The van der Waals surface area contributed by atoms with Gasteiger partial charge in [-0.15, -0.1) is 6.58 Å². The molecule has 3 heteroatoms. The third-order valence-electron chi connectivity index (χ3n) is 2.16. The minimum atomic E-state index is 0.745. The summed E-state index contributed by atoms with van der Waals surface area (Å²) in [4.78, 5) is 3.22. The van der Waals surface area contributed by atoms with Crippen LogP contribution in [0.15, 0.2) is 35.5 Å². The molecule has 1 nitrogen and oxygen atoms in total. The summed E-state index contributed by atoms with van der Waals surface area (Å²) in [5.41, 5.74) is 2.31. The number of fused-ring (bicyclic) bond motifs is 1. The average molecular weight is 271 g/mol. The maximum Gasteiger partial charge on any atom is 0.0602 e. The van der Waals surface area contributed by atoms with Crippen LogP contribution in [0.2, 0.25) is 5.02 Å². The predicted octanol–water partition coefficient (Wildman–Crippen LogP) is 4.31. The molecule has 1 heterocycles. The first kappa shape index (κ1) is 9.81. The molecule has 0 radical (unpaired) electrons. The van der Waals surface area contributed by atoms with E-state index in [1.54, 1.807) is 0 Å². The van der Waals surface area contributed by atoms with E-state index in [9.17, 15) is 0 Å². The molecule has 1 N–H and O–H groups in total. The van der Waals surface area contributed by atoms with Crippen molar-refractivity contribution in [3.05, 3.63) is 46.0 Å². The number of hydrogen-bond acceptors (Lipinski definition) is 0. The zero-order valence-electron chi connectivity index (χ0n) is 7.48. The molecule has 0 aliphatic rings. The van der Waals surface area contributed by atoms with Gasteiger partial charge in [0, 0.05) is 21.1 Å². The van der Waals surface area contributed by atoms with Crippen molar-refractivity contribution in [3.8, 4) is 0 Å². The van der Waals surface area contributed by atoms with Crippen molar-refractivity contribution in [1.82, 2.24) is 4.98 Å². The number of aromatic nitrogens is 1. The predicted molar refractivity (Wildman–Crippen MR) is 64.9 cm³/mol. The molecule has 72 valence electrons. The Kier molecular flexibility index (Phi) is 2.66. The van der Waals surface area contributed by atoms with Crippen LogP contribution in [0.1, 0.15) is 5.56 Å². The molecule has 0 fully saturated rings. The van der Waals surface area contributed by atoms with Crippen LogP contribution in [0.4, 0.5) is 0 Å². The lowest BCUT2D eigenvalue weighted by Gasteiger charge is -1.98. The van der Waals surface area contributed by atoms with Crippen molar-refractivity contribution < 1.29 is 0 Å². The maximum atomic E-state index is 5.98. The quantitative estimate of drug-likeness (QED) is 0.783. The SMILES string of the molecule is C=CCc1c[nH]c2c(Br)cc(Cl)cc12. The molecule has 0 aliphatic carbocycles. The van der Waals surface area contributed by atoms with Crippen molar-refractivity contribution >= 4 is 38.4 Å². The van der Waals surface area contributed by atoms with Gasteiger partial charge in [-0.1, -0.05) is 17.7 Å². The van der Waals surface area contributed by atoms with Crippen LogP contribution in [0.3, 0.4) is 0 Å². The van der Waals surface area contributed by atoms with Gasteiger partial charge in [-0.05, 0) is 40.0 Å². The molecule has 14 heavy (non-hydrogen) atoms.